The smallest absolute Gasteiger partial charge is 0.242 e. The minimum Gasteiger partial charge on any atom is -0.398 e. The van der Waals surface area contributed by atoms with Crippen molar-refractivity contribution >= 4 is 15.7 Å². The second kappa shape index (κ2) is 4.46. The van der Waals surface area contributed by atoms with Crippen LogP contribution in [-0.4, -0.2) is 15.0 Å². The maximum Gasteiger partial charge on any atom is 0.242 e. The highest BCUT2D eigenvalue weighted by Gasteiger charge is 2.15. The number of hydrogen-bond acceptors (Lipinski definition) is 3. The van der Waals surface area contributed by atoms with E-state index in [-0.39, 0.29) is 17.1 Å². The first kappa shape index (κ1) is 11.7. The van der Waals surface area contributed by atoms with Crippen molar-refractivity contribution in [2.24, 2.45) is 0 Å². The summed E-state index contributed by atoms with van der Waals surface area (Å²) in [6, 6.07) is 4.83. The van der Waals surface area contributed by atoms with Crippen molar-refractivity contribution in [2.75, 3.05) is 12.3 Å². The average molecular weight is 226 g/mol. The van der Waals surface area contributed by atoms with Gasteiger partial charge in [-0.05, 0) is 24.6 Å². The lowest BCUT2D eigenvalue weighted by Gasteiger charge is -2.07. The van der Waals surface area contributed by atoms with E-state index in [0.717, 1.165) is 5.56 Å². The molecule has 5 heteroatoms. The first-order valence-corrected chi connectivity index (χ1v) is 5.92. The predicted molar refractivity (Wildman–Crippen MR) is 61.0 cm³/mol. The highest BCUT2D eigenvalue weighted by atomic mass is 32.2. The summed E-state index contributed by atoms with van der Waals surface area (Å²) in [6.07, 6.45) is 1.47. The van der Waals surface area contributed by atoms with Crippen molar-refractivity contribution in [2.45, 2.75) is 11.8 Å². The molecular weight excluding hydrogens is 212 g/mol. The predicted octanol–water partition coefficient (Wildman–Crippen LogP) is 1.04. The molecule has 0 saturated carbocycles. The summed E-state index contributed by atoms with van der Waals surface area (Å²) < 4.78 is 25.7. The maximum absolute atomic E-state index is 11.7. The Labute approximate surface area is 89.9 Å². The molecule has 4 nitrogen and oxygen atoms in total. The molecule has 1 rings (SSSR count). The fourth-order valence-corrected chi connectivity index (χ4v) is 2.27. The highest BCUT2D eigenvalue weighted by Crippen LogP contribution is 2.18. The number of sulfonamides is 1. The Morgan fingerprint density at radius 1 is 1.53 bits per heavy atom. The van der Waals surface area contributed by atoms with E-state index in [1.165, 1.54) is 12.1 Å². The van der Waals surface area contributed by atoms with Gasteiger partial charge in [-0.25, -0.2) is 13.1 Å². The molecule has 82 valence electrons. The van der Waals surface area contributed by atoms with Crippen LogP contribution >= 0.6 is 0 Å². The van der Waals surface area contributed by atoms with E-state index in [1.54, 1.807) is 12.1 Å². The standard InChI is InChI=1S/C10H14N2O2S/c1-3-6-12-15(13,14)10-5-4-8(2)7-9(10)11/h3-5,7,12H,1,6,11H2,2H3. The number of benzene rings is 1. The third-order valence-electron chi connectivity index (χ3n) is 1.87. The third kappa shape index (κ3) is 2.81. The van der Waals surface area contributed by atoms with Crippen molar-refractivity contribution in [1.82, 2.24) is 4.72 Å². The van der Waals surface area contributed by atoms with Crippen molar-refractivity contribution in [1.29, 1.82) is 0 Å². The van der Waals surface area contributed by atoms with E-state index < -0.39 is 10.0 Å². The molecule has 15 heavy (non-hydrogen) atoms. The zero-order chi connectivity index (χ0) is 11.5. The normalized spacial score (nSPS) is 11.3. The van der Waals surface area contributed by atoms with Crippen LogP contribution in [0.2, 0.25) is 0 Å². The molecule has 0 radical (unpaired) electrons. The Balaban J connectivity index is 3.10. The van der Waals surface area contributed by atoms with E-state index in [4.69, 9.17) is 5.73 Å². The minimum absolute atomic E-state index is 0.106. The summed E-state index contributed by atoms with van der Waals surface area (Å²) in [5.74, 6) is 0. The lowest BCUT2D eigenvalue weighted by atomic mass is 10.2. The van der Waals surface area contributed by atoms with Crippen LogP contribution in [0.4, 0.5) is 5.69 Å². The summed E-state index contributed by atoms with van der Waals surface area (Å²) in [5, 5.41) is 0. The first-order chi connectivity index (χ1) is 6.97. The minimum atomic E-state index is -3.52. The summed E-state index contributed by atoms with van der Waals surface area (Å²) in [7, 11) is -3.52. The fourth-order valence-electron chi connectivity index (χ4n) is 1.16. The molecule has 0 spiro atoms. The van der Waals surface area contributed by atoms with Gasteiger partial charge >= 0.3 is 0 Å². The van der Waals surface area contributed by atoms with Crippen molar-refractivity contribution in [3.05, 3.63) is 36.4 Å². The molecule has 3 N–H and O–H groups in total. The van der Waals surface area contributed by atoms with Crippen molar-refractivity contribution in [3.63, 3.8) is 0 Å². The Morgan fingerprint density at radius 3 is 2.73 bits per heavy atom. The van der Waals surface area contributed by atoms with Crippen LogP contribution in [0.25, 0.3) is 0 Å². The molecule has 0 atom stereocenters. The van der Waals surface area contributed by atoms with Crippen LogP contribution in [0.5, 0.6) is 0 Å². The zero-order valence-corrected chi connectivity index (χ0v) is 9.34. The quantitative estimate of drug-likeness (QED) is 0.595. The molecule has 0 unspecified atom stereocenters. The number of rotatable bonds is 4. The van der Waals surface area contributed by atoms with Gasteiger partial charge in [0.25, 0.3) is 0 Å². The molecule has 0 bridgehead atoms. The lowest BCUT2D eigenvalue weighted by Crippen LogP contribution is -2.24. The second-order valence-electron chi connectivity index (χ2n) is 3.18. The second-order valence-corrected chi connectivity index (χ2v) is 4.92. The van der Waals surface area contributed by atoms with Gasteiger partial charge in [-0.2, -0.15) is 0 Å². The van der Waals surface area contributed by atoms with E-state index in [1.807, 2.05) is 6.92 Å². The van der Waals surface area contributed by atoms with Gasteiger partial charge in [0.15, 0.2) is 0 Å². The molecule has 1 aromatic carbocycles. The van der Waals surface area contributed by atoms with E-state index >= 15 is 0 Å². The van der Waals surface area contributed by atoms with Gasteiger partial charge in [0, 0.05) is 6.54 Å². The van der Waals surface area contributed by atoms with E-state index in [0.29, 0.717) is 0 Å². The van der Waals surface area contributed by atoms with Crippen molar-refractivity contribution < 1.29 is 8.42 Å². The Hall–Kier alpha value is -1.33. The molecule has 0 amide bonds. The number of nitrogen functional groups attached to an aromatic ring is 1. The number of nitrogens with two attached hydrogens (primary N) is 1. The molecule has 0 aliphatic rings. The van der Waals surface area contributed by atoms with Crippen LogP contribution in [0, 0.1) is 6.92 Å². The molecule has 0 aromatic heterocycles. The Bertz CT molecular complexity index is 466. The first-order valence-electron chi connectivity index (χ1n) is 4.44. The molecule has 0 saturated heterocycles. The summed E-state index contributed by atoms with van der Waals surface area (Å²) in [6.45, 7) is 5.48. The van der Waals surface area contributed by atoms with E-state index in [9.17, 15) is 8.42 Å². The van der Waals surface area contributed by atoms with Crippen LogP contribution in [0.3, 0.4) is 0 Å². The van der Waals surface area contributed by atoms with Gasteiger partial charge in [0.2, 0.25) is 10.0 Å². The summed E-state index contributed by atoms with van der Waals surface area (Å²) in [4.78, 5) is 0.106. The number of hydrogen-bond donors (Lipinski definition) is 2. The van der Waals surface area contributed by atoms with Crippen LogP contribution in [-0.2, 0) is 10.0 Å². The molecule has 0 heterocycles. The summed E-state index contributed by atoms with van der Waals surface area (Å²) >= 11 is 0. The topological polar surface area (TPSA) is 72.2 Å². The SMILES string of the molecule is C=CCNS(=O)(=O)c1ccc(C)cc1N. The fraction of sp³-hybridized carbons (Fsp3) is 0.200. The zero-order valence-electron chi connectivity index (χ0n) is 8.53. The molecular formula is C10H14N2O2S. The van der Waals surface area contributed by atoms with Crippen LogP contribution < -0.4 is 10.5 Å². The number of nitrogens with one attached hydrogen (secondary N) is 1. The maximum atomic E-state index is 11.7. The van der Waals surface area contributed by atoms with Gasteiger partial charge in [-0.1, -0.05) is 12.1 Å². The Kier molecular flexibility index (Phi) is 3.49. The van der Waals surface area contributed by atoms with Crippen molar-refractivity contribution in [3.8, 4) is 0 Å². The largest absolute Gasteiger partial charge is 0.398 e. The highest BCUT2D eigenvalue weighted by molar-refractivity contribution is 7.89. The van der Waals surface area contributed by atoms with Gasteiger partial charge in [-0.15, -0.1) is 6.58 Å². The number of anilines is 1. The van der Waals surface area contributed by atoms with Gasteiger partial charge in [0.05, 0.1) is 5.69 Å². The molecule has 0 aliphatic carbocycles. The summed E-state index contributed by atoms with van der Waals surface area (Å²) in [5.41, 5.74) is 6.82. The molecule has 0 fully saturated rings. The van der Waals surface area contributed by atoms with Crippen LogP contribution in [0.15, 0.2) is 35.7 Å². The average Bonchev–Trinajstić information content (AvgIpc) is 2.14. The number of aryl methyl sites for hydroxylation is 1. The van der Waals surface area contributed by atoms with Crippen LogP contribution in [0.1, 0.15) is 5.56 Å². The molecule has 0 aliphatic heterocycles. The molecule has 1 aromatic rings. The Morgan fingerprint density at radius 2 is 2.20 bits per heavy atom. The van der Waals surface area contributed by atoms with Gasteiger partial charge in [0.1, 0.15) is 4.90 Å². The monoisotopic (exact) mass is 226 g/mol. The van der Waals surface area contributed by atoms with E-state index in [2.05, 4.69) is 11.3 Å². The third-order valence-corrected chi connectivity index (χ3v) is 3.37. The lowest BCUT2D eigenvalue weighted by molar-refractivity contribution is 0.586. The van der Waals surface area contributed by atoms with Gasteiger partial charge < -0.3 is 5.73 Å². The van der Waals surface area contributed by atoms with Gasteiger partial charge in [-0.3, -0.25) is 0 Å².